The second kappa shape index (κ2) is 6.75. The minimum absolute atomic E-state index is 0.158. The fourth-order valence-corrected chi connectivity index (χ4v) is 2.40. The number of amidine groups is 1. The molecule has 1 aliphatic rings. The fourth-order valence-electron chi connectivity index (χ4n) is 2.40. The number of ether oxygens (including phenoxy) is 1. The summed E-state index contributed by atoms with van der Waals surface area (Å²) in [5, 5.41) is 11.9. The molecule has 1 atom stereocenters. The number of methoxy groups -OCH3 is 1. The maximum Gasteiger partial charge on any atom is 0.222 e. The molecular formula is C13H25N3O3. The van der Waals surface area contributed by atoms with Crippen LogP contribution in [0.15, 0.2) is 5.16 Å². The molecule has 1 rings (SSSR count). The van der Waals surface area contributed by atoms with Gasteiger partial charge in [0.05, 0.1) is 0 Å². The lowest BCUT2D eigenvalue weighted by atomic mass is 9.79. The van der Waals surface area contributed by atoms with E-state index in [1.807, 2.05) is 18.7 Å². The van der Waals surface area contributed by atoms with E-state index < -0.39 is 0 Å². The van der Waals surface area contributed by atoms with Crippen LogP contribution in [0.1, 0.15) is 33.1 Å². The first-order valence-corrected chi connectivity index (χ1v) is 6.67. The van der Waals surface area contributed by atoms with Gasteiger partial charge in [0.15, 0.2) is 0 Å². The maximum atomic E-state index is 12.1. The Hall–Kier alpha value is -1.30. The number of rotatable bonds is 5. The molecule has 1 heterocycles. The van der Waals surface area contributed by atoms with E-state index in [9.17, 15) is 4.79 Å². The van der Waals surface area contributed by atoms with Crippen molar-refractivity contribution in [1.82, 2.24) is 4.90 Å². The zero-order valence-corrected chi connectivity index (χ0v) is 12.1. The number of amides is 1. The van der Waals surface area contributed by atoms with Crippen molar-refractivity contribution in [3.63, 3.8) is 0 Å². The summed E-state index contributed by atoms with van der Waals surface area (Å²) >= 11 is 0. The predicted octanol–water partition coefficient (Wildman–Crippen LogP) is 1.03. The summed E-state index contributed by atoms with van der Waals surface area (Å²) in [5.41, 5.74) is 5.40. The second-order valence-corrected chi connectivity index (χ2v) is 5.69. The van der Waals surface area contributed by atoms with Gasteiger partial charge in [-0.3, -0.25) is 4.79 Å². The third kappa shape index (κ3) is 4.09. The van der Waals surface area contributed by atoms with Crippen molar-refractivity contribution in [3.05, 3.63) is 0 Å². The minimum Gasteiger partial charge on any atom is -0.409 e. The first-order chi connectivity index (χ1) is 8.92. The van der Waals surface area contributed by atoms with Gasteiger partial charge in [-0.15, -0.1) is 0 Å². The monoisotopic (exact) mass is 271 g/mol. The molecule has 1 aliphatic heterocycles. The van der Waals surface area contributed by atoms with Crippen LogP contribution in [-0.4, -0.2) is 48.7 Å². The van der Waals surface area contributed by atoms with E-state index in [-0.39, 0.29) is 23.1 Å². The van der Waals surface area contributed by atoms with Crippen LogP contribution in [0.2, 0.25) is 0 Å². The first kappa shape index (κ1) is 15.8. The molecule has 3 N–H and O–H groups in total. The topological polar surface area (TPSA) is 88.2 Å². The molecule has 0 bridgehead atoms. The maximum absolute atomic E-state index is 12.1. The van der Waals surface area contributed by atoms with Crippen LogP contribution in [-0.2, 0) is 9.53 Å². The molecule has 1 saturated heterocycles. The smallest absolute Gasteiger partial charge is 0.222 e. The van der Waals surface area contributed by atoms with Gasteiger partial charge in [0, 0.05) is 38.6 Å². The van der Waals surface area contributed by atoms with Crippen LogP contribution in [0.5, 0.6) is 0 Å². The molecule has 0 aromatic carbocycles. The van der Waals surface area contributed by atoms with Crippen molar-refractivity contribution in [2.24, 2.45) is 22.2 Å². The van der Waals surface area contributed by atoms with Gasteiger partial charge in [0.2, 0.25) is 5.91 Å². The number of carbonyl (C=O) groups is 1. The van der Waals surface area contributed by atoms with Gasteiger partial charge in [-0.2, -0.15) is 0 Å². The Kier molecular flexibility index (Phi) is 5.60. The van der Waals surface area contributed by atoms with Crippen LogP contribution in [0.3, 0.4) is 0 Å². The molecule has 1 fully saturated rings. The number of likely N-dealkylation sites (tertiary alicyclic amines) is 1. The van der Waals surface area contributed by atoms with Gasteiger partial charge in [0.25, 0.3) is 0 Å². The van der Waals surface area contributed by atoms with Gasteiger partial charge in [0.1, 0.15) is 5.84 Å². The normalized spacial score (nSPS) is 21.2. The highest BCUT2D eigenvalue weighted by Gasteiger charge is 2.35. The van der Waals surface area contributed by atoms with E-state index in [1.54, 1.807) is 7.11 Å². The van der Waals surface area contributed by atoms with Crippen LogP contribution < -0.4 is 5.73 Å². The molecule has 6 nitrogen and oxygen atoms in total. The zero-order valence-electron chi connectivity index (χ0n) is 12.1. The quantitative estimate of drug-likeness (QED) is 0.338. The lowest BCUT2D eigenvalue weighted by molar-refractivity contribution is -0.134. The van der Waals surface area contributed by atoms with Crippen LogP contribution in [0.4, 0.5) is 0 Å². The Morgan fingerprint density at radius 1 is 1.53 bits per heavy atom. The number of nitrogens with zero attached hydrogens (tertiary/aromatic N) is 2. The average Bonchev–Trinajstić information content (AvgIpc) is 2.38. The molecule has 110 valence electrons. The van der Waals surface area contributed by atoms with Crippen LogP contribution >= 0.6 is 0 Å². The molecule has 0 saturated carbocycles. The van der Waals surface area contributed by atoms with Crippen LogP contribution in [0.25, 0.3) is 0 Å². The van der Waals surface area contributed by atoms with Crippen molar-refractivity contribution >= 4 is 11.7 Å². The van der Waals surface area contributed by atoms with Crippen molar-refractivity contribution in [2.75, 3.05) is 26.8 Å². The summed E-state index contributed by atoms with van der Waals surface area (Å²) in [5.74, 6) is 0.647. The third-order valence-electron chi connectivity index (χ3n) is 3.92. The minimum atomic E-state index is -0.302. The fraction of sp³-hybridized carbons (Fsp3) is 0.846. The zero-order chi connectivity index (χ0) is 14.5. The molecule has 0 aliphatic carbocycles. The van der Waals surface area contributed by atoms with E-state index in [0.29, 0.717) is 26.1 Å². The van der Waals surface area contributed by atoms with Crippen molar-refractivity contribution in [2.45, 2.75) is 33.1 Å². The molecule has 1 unspecified atom stereocenters. The van der Waals surface area contributed by atoms with E-state index >= 15 is 0 Å². The molecular weight excluding hydrogens is 246 g/mol. The molecule has 19 heavy (non-hydrogen) atoms. The summed E-state index contributed by atoms with van der Waals surface area (Å²) in [6.45, 7) is 5.89. The van der Waals surface area contributed by atoms with Gasteiger partial charge < -0.3 is 20.6 Å². The molecule has 1 amide bonds. The van der Waals surface area contributed by atoms with E-state index in [1.165, 1.54) is 0 Å². The number of oxime groups is 1. The summed E-state index contributed by atoms with van der Waals surface area (Å²) in [6, 6.07) is 0. The van der Waals surface area contributed by atoms with Crippen LogP contribution in [0, 0.1) is 11.3 Å². The third-order valence-corrected chi connectivity index (χ3v) is 3.92. The Labute approximate surface area is 114 Å². The summed E-state index contributed by atoms with van der Waals surface area (Å²) in [7, 11) is 1.64. The lowest BCUT2D eigenvalue weighted by Crippen LogP contribution is -2.47. The van der Waals surface area contributed by atoms with Gasteiger partial charge >= 0.3 is 0 Å². The van der Waals surface area contributed by atoms with Gasteiger partial charge in [-0.05, 0) is 18.8 Å². The molecule has 0 radical (unpaired) electrons. The highest BCUT2D eigenvalue weighted by atomic mass is 16.5. The average molecular weight is 271 g/mol. The number of carbonyl (C=O) groups excluding carboxylic acids is 1. The molecule has 6 heteroatoms. The number of hydrogen-bond donors (Lipinski definition) is 2. The Morgan fingerprint density at radius 3 is 2.58 bits per heavy atom. The molecule has 0 aromatic heterocycles. The van der Waals surface area contributed by atoms with E-state index in [0.717, 1.165) is 12.8 Å². The van der Waals surface area contributed by atoms with Crippen molar-refractivity contribution < 1.29 is 14.7 Å². The predicted molar refractivity (Wildman–Crippen MR) is 73.0 cm³/mol. The summed E-state index contributed by atoms with van der Waals surface area (Å²) in [4.78, 5) is 14.0. The van der Waals surface area contributed by atoms with Gasteiger partial charge in [-0.1, -0.05) is 19.0 Å². The highest BCUT2D eigenvalue weighted by molar-refractivity contribution is 5.86. The second-order valence-electron chi connectivity index (χ2n) is 5.69. The van der Waals surface area contributed by atoms with E-state index in [4.69, 9.17) is 15.7 Å². The number of hydrogen-bond acceptors (Lipinski definition) is 4. The highest BCUT2D eigenvalue weighted by Crippen LogP contribution is 2.31. The van der Waals surface area contributed by atoms with Gasteiger partial charge in [-0.25, -0.2) is 0 Å². The molecule has 0 spiro atoms. The van der Waals surface area contributed by atoms with Crippen molar-refractivity contribution in [1.29, 1.82) is 0 Å². The lowest BCUT2D eigenvalue weighted by Gasteiger charge is -2.38. The number of piperidine rings is 1. The summed E-state index contributed by atoms with van der Waals surface area (Å²) in [6.07, 6.45) is 1.97. The van der Waals surface area contributed by atoms with Crippen molar-refractivity contribution in [3.8, 4) is 0 Å². The molecule has 0 aromatic rings. The Bertz CT molecular complexity index is 336. The largest absolute Gasteiger partial charge is 0.409 e. The Morgan fingerprint density at radius 2 is 2.11 bits per heavy atom. The number of nitrogens with two attached hydrogens (primary N) is 1. The SMILES string of the molecule is COCC(C)CC(=O)N1CCC(C)(C(N)=NO)CC1. The Balaban J connectivity index is 2.47. The standard InChI is InChI=1S/C13H25N3O3/c1-10(9-19-3)8-11(17)16-6-4-13(2,5-7-16)12(14)15-18/h10,18H,4-9H2,1-3H3,(H2,14,15). The van der Waals surface area contributed by atoms with E-state index in [2.05, 4.69) is 5.16 Å². The first-order valence-electron chi connectivity index (χ1n) is 6.67. The summed E-state index contributed by atoms with van der Waals surface area (Å²) < 4.78 is 5.04.